The van der Waals surface area contributed by atoms with Gasteiger partial charge in [-0.05, 0) is 11.6 Å². The molecule has 0 bridgehead atoms. The van der Waals surface area contributed by atoms with E-state index in [0.29, 0.717) is 0 Å². The molecule has 3 N–H and O–H groups in total. The summed E-state index contributed by atoms with van der Waals surface area (Å²) in [5.41, 5.74) is -1.12. The SMILES string of the molecule is O=P(O)(O)NCc1ccccc1C(F)(F)F. The average molecular weight is 255 g/mol. The maximum Gasteiger partial charge on any atom is 0.416 e. The Bertz CT molecular complexity index is 415. The van der Waals surface area contributed by atoms with Gasteiger partial charge in [0.05, 0.1) is 5.56 Å². The van der Waals surface area contributed by atoms with Crippen molar-refractivity contribution in [2.75, 3.05) is 0 Å². The van der Waals surface area contributed by atoms with Crippen molar-refractivity contribution in [3.8, 4) is 0 Å². The Morgan fingerprint density at radius 1 is 1.25 bits per heavy atom. The van der Waals surface area contributed by atoms with Crippen molar-refractivity contribution in [1.29, 1.82) is 0 Å². The summed E-state index contributed by atoms with van der Waals surface area (Å²) in [5.74, 6) is 0. The molecule has 1 rings (SSSR count). The van der Waals surface area contributed by atoms with Gasteiger partial charge in [0, 0.05) is 6.54 Å². The van der Waals surface area contributed by atoms with Crippen molar-refractivity contribution in [3.05, 3.63) is 35.4 Å². The lowest BCUT2D eigenvalue weighted by molar-refractivity contribution is -0.138. The number of benzene rings is 1. The minimum absolute atomic E-state index is 0.210. The van der Waals surface area contributed by atoms with Crippen LogP contribution in [0.3, 0.4) is 0 Å². The number of halogens is 3. The second kappa shape index (κ2) is 4.55. The molecule has 0 atom stereocenters. The van der Waals surface area contributed by atoms with Gasteiger partial charge < -0.3 is 9.79 Å². The Hall–Kier alpha value is -0.880. The highest BCUT2D eigenvalue weighted by Crippen LogP contribution is 2.34. The fraction of sp³-hybridized carbons (Fsp3) is 0.250. The minimum atomic E-state index is -4.53. The summed E-state index contributed by atoms with van der Waals surface area (Å²) in [6.45, 7) is -0.542. The first-order chi connectivity index (χ1) is 7.20. The monoisotopic (exact) mass is 255 g/mol. The number of alkyl halides is 3. The number of nitrogens with one attached hydrogen (secondary N) is 1. The van der Waals surface area contributed by atoms with E-state index >= 15 is 0 Å². The van der Waals surface area contributed by atoms with E-state index in [0.717, 1.165) is 12.1 Å². The lowest BCUT2D eigenvalue weighted by Crippen LogP contribution is -2.15. The normalized spacial score (nSPS) is 12.8. The van der Waals surface area contributed by atoms with Crippen LogP contribution in [0, 0.1) is 0 Å². The predicted molar refractivity (Wildman–Crippen MR) is 50.3 cm³/mol. The summed E-state index contributed by atoms with van der Waals surface area (Å²) in [5, 5.41) is 1.72. The lowest BCUT2D eigenvalue weighted by atomic mass is 10.1. The maximum atomic E-state index is 12.4. The molecule has 1 aromatic carbocycles. The molecule has 4 nitrogen and oxygen atoms in total. The third kappa shape index (κ3) is 3.94. The van der Waals surface area contributed by atoms with E-state index in [9.17, 15) is 17.7 Å². The van der Waals surface area contributed by atoms with Crippen LogP contribution >= 0.6 is 7.75 Å². The number of hydrogen-bond acceptors (Lipinski definition) is 1. The molecule has 0 radical (unpaired) electrons. The molecule has 0 amide bonds. The van der Waals surface area contributed by atoms with Crippen LogP contribution in [-0.4, -0.2) is 9.79 Å². The topological polar surface area (TPSA) is 69.6 Å². The molecule has 0 heterocycles. The Labute approximate surface area is 89.3 Å². The molecule has 0 unspecified atom stereocenters. The summed E-state index contributed by atoms with van der Waals surface area (Å²) < 4.78 is 47.8. The Morgan fingerprint density at radius 3 is 2.31 bits per heavy atom. The maximum absolute atomic E-state index is 12.4. The summed E-state index contributed by atoms with van der Waals surface area (Å²) in [6.07, 6.45) is -4.53. The van der Waals surface area contributed by atoms with Crippen LogP contribution in [0.5, 0.6) is 0 Å². The minimum Gasteiger partial charge on any atom is -0.313 e. The summed E-state index contributed by atoms with van der Waals surface area (Å²) >= 11 is 0. The standard InChI is InChI=1S/C8H9F3NO3P/c9-8(10,11)7-4-2-1-3-6(7)5-12-16(13,14)15/h1-4H,5H2,(H3,12,13,14,15). The zero-order valence-electron chi connectivity index (χ0n) is 7.90. The third-order valence-electron chi connectivity index (χ3n) is 1.80. The van der Waals surface area contributed by atoms with Crippen molar-refractivity contribution in [2.24, 2.45) is 0 Å². The molecule has 0 aromatic heterocycles. The Balaban J connectivity index is 2.92. The molecule has 0 spiro atoms. The van der Waals surface area contributed by atoms with Crippen molar-refractivity contribution < 1.29 is 27.5 Å². The van der Waals surface area contributed by atoms with Gasteiger partial charge in [-0.2, -0.15) is 13.2 Å². The van der Waals surface area contributed by atoms with Crippen LogP contribution in [0.4, 0.5) is 13.2 Å². The second-order valence-electron chi connectivity index (χ2n) is 3.03. The van der Waals surface area contributed by atoms with Crippen LogP contribution < -0.4 is 5.09 Å². The predicted octanol–water partition coefficient (Wildman–Crippen LogP) is 1.89. The van der Waals surface area contributed by atoms with Gasteiger partial charge in [-0.1, -0.05) is 18.2 Å². The van der Waals surface area contributed by atoms with Gasteiger partial charge in [0.15, 0.2) is 0 Å². The molecule has 0 saturated heterocycles. The highest BCUT2D eigenvalue weighted by molar-refractivity contribution is 7.49. The molecule has 0 fully saturated rings. The Morgan fingerprint density at radius 2 is 1.81 bits per heavy atom. The van der Waals surface area contributed by atoms with Crippen LogP contribution in [0.25, 0.3) is 0 Å². The first-order valence-corrected chi connectivity index (χ1v) is 5.77. The van der Waals surface area contributed by atoms with Gasteiger partial charge in [-0.25, -0.2) is 9.65 Å². The fourth-order valence-electron chi connectivity index (χ4n) is 1.14. The van der Waals surface area contributed by atoms with Gasteiger partial charge >= 0.3 is 13.9 Å². The lowest BCUT2D eigenvalue weighted by Gasteiger charge is -2.13. The smallest absolute Gasteiger partial charge is 0.313 e. The first kappa shape index (κ1) is 13.2. The fourth-order valence-corrected chi connectivity index (χ4v) is 1.52. The average Bonchev–Trinajstić information content (AvgIpc) is 2.12. The number of hydrogen-bond donors (Lipinski definition) is 3. The van der Waals surface area contributed by atoms with Crippen LogP contribution in [0.1, 0.15) is 11.1 Å². The quantitative estimate of drug-likeness (QED) is 0.721. The molecule has 16 heavy (non-hydrogen) atoms. The second-order valence-corrected chi connectivity index (χ2v) is 4.44. The van der Waals surface area contributed by atoms with E-state index in [4.69, 9.17) is 9.79 Å². The van der Waals surface area contributed by atoms with Gasteiger partial charge in [0.2, 0.25) is 0 Å². The Kier molecular flexibility index (Phi) is 3.75. The molecule has 0 aliphatic rings. The van der Waals surface area contributed by atoms with E-state index in [1.165, 1.54) is 12.1 Å². The van der Waals surface area contributed by atoms with Gasteiger partial charge in [-0.3, -0.25) is 0 Å². The highest BCUT2D eigenvalue weighted by atomic mass is 31.2. The van der Waals surface area contributed by atoms with Gasteiger partial charge in [0.25, 0.3) is 0 Å². The van der Waals surface area contributed by atoms with E-state index in [1.54, 1.807) is 5.09 Å². The van der Waals surface area contributed by atoms with Crippen LogP contribution in [-0.2, 0) is 17.3 Å². The largest absolute Gasteiger partial charge is 0.416 e. The van der Waals surface area contributed by atoms with Crippen molar-refractivity contribution in [2.45, 2.75) is 12.7 Å². The molecule has 8 heteroatoms. The summed E-state index contributed by atoms with van der Waals surface area (Å²) in [6, 6.07) is 4.60. The first-order valence-electron chi connectivity index (χ1n) is 4.16. The van der Waals surface area contributed by atoms with Crippen LogP contribution in [0.2, 0.25) is 0 Å². The molecule has 1 aromatic rings. The zero-order valence-corrected chi connectivity index (χ0v) is 8.79. The van der Waals surface area contributed by atoms with E-state index in [1.807, 2.05) is 0 Å². The van der Waals surface area contributed by atoms with E-state index in [2.05, 4.69) is 0 Å². The molecule has 0 aliphatic carbocycles. The van der Waals surface area contributed by atoms with E-state index in [-0.39, 0.29) is 5.56 Å². The summed E-state index contributed by atoms with van der Waals surface area (Å²) in [7, 11) is -4.52. The van der Waals surface area contributed by atoms with Crippen molar-refractivity contribution in [1.82, 2.24) is 5.09 Å². The highest BCUT2D eigenvalue weighted by Gasteiger charge is 2.33. The van der Waals surface area contributed by atoms with Crippen molar-refractivity contribution in [3.63, 3.8) is 0 Å². The summed E-state index contributed by atoms with van der Waals surface area (Å²) in [4.78, 5) is 17.0. The molecule has 0 aliphatic heterocycles. The molecule has 0 saturated carbocycles. The number of rotatable bonds is 3. The zero-order chi connectivity index (χ0) is 12.4. The molecular weight excluding hydrogens is 246 g/mol. The van der Waals surface area contributed by atoms with Gasteiger partial charge in [0.1, 0.15) is 0 Å². The van der Waals surface area contributed by atoms with Crippen molar-refractivity contribution >= 4 is 7.75 Å². The molecular formula is C8H9F3NO3P. The third-order valence-corrected chi connectivity index (χ3v) is 2.37. The van der Waals surface area contributed by atoms with Gasteiger partial charge in [-0.15, -0.1) is 0 Å². The molecule has 90 valence electrons. The van der Waals surface area contributed by atoms with E-state index < -0.39 is 26.0 Å². The van der Waals surface area contributed by atoms with Crippen LogP contribution in [0.15, 0.2) is 24.3 Å².